The van der Waals surface area contributed by atoms with Crippen LogP contribution in [0.25, 0.3) is 0 Å². The minimum absolute atomic E-state index is 0.499. The van der Waals surface area contributed by atoms with Crippen LogP contribution >= 0.6 is 0 Å². The second-order valence-electron chi connectivity index (χ2n) is 5.88. The Morgan fingerprint density at radius 1 is 1.00 bits per heavy atom. The van der Waals surface area contributed by atoms with E-state index in [1.165, 1.54) is 0 Å². The van der Waals surface area contributed by atoms with Crippen molar-refractivity contribution in [3.63, 3.8) is 0 Å². The molecule has 2 N–H and O–H groups in total. The maximum Gasteiger partial charge on any atom is 0.203 e. The van der Waals surface area contributed by atoms with Crippen LogP contribution in [0.1, 0.15) is 22.8 Å². The number of benzene rings is 2. The molecule has 0 bridgehead atoms. The third-order valence-electron chi connectivity index (χ3n) is 4.12. The molecule has 1 atom stereocenters. The number of hydrogen-bond acceptors (Lipinski definition) is 5. The Morgan fingerprint density at radius 3 is 2.40 bits per heavy atom. The van der Waals surface area contributed by atoms with Crippen LogP contribution in [0.15, 0.2) is 36.4 Å². The van der Waals surface area contributed by atoms with Gasteiger partial charge >= 0.3 is 0 Å². The highest BCUT2D eigenvalue weighted by Crippen LogP contribution is 2.39. The highest BCUT2D eigenvalue weighted by molar-refractivity contribution is 5.55. The first-order valence-electron chi connectivity index (χ1n) is 8.33. The van der Waals surface area contributed by atoms with Gasteiger partial charge in [0.2, 0.25) is 5.75 Å². The van der Waals surface area contributed by atoms with E-state index in [0.29, 0.717) is 30.3 Å². The van der Waals surface area contributed by atoms with Crippen molar-refractivity contribution >= 4 is 0 Å². The Bertz CT molecular complexity index is 687. The van der Waals surface area contributed by atoms with Gasteiger partial charge < -0.3 is 24.6 Å². The van der Waals surface area contributed by atoms with E-state index in [9.17, 15) is 5.11 Å². The van der Waals surface area contributed by atoms with Crippen LogP contribution < -0.4 is 19.5 Å². The first kappa shape index (κ1) is 19.1. The van der Waals surface area contributed by atoms with Crippen LogP contribution in [0, 0.1) is 6.92 Å². The number of methoxy groups -OCH3 is 3. The van der Waals surface area contributed by atoms with Gasteiger partial charge in [0.15, 0.2) is 11.5 Å². The van der Waals surface area contributed by atoms with Crippen molar-refractivity contribution in [1.29, 1.82) is 0 Å². The molecular formula is C20H27NO4. The van der Waals surface area contributed by atoms with Crippen LogP contribution in [0.3, 0.4) is 0 Å². The molecule has 5 heteroatoms. The predicted octanol–water partition coefficient (Wildman–Crippen LogP) is 2.89. The minimum Gasteiger partial charge on any atom is -0.493 e. The quantitative estimate of drug-likeness (QED) is 0.685. The van der Waals surface area contributed by atoms with Gasteiger partial charge in [-0.3, -0.25) is 0 Å². The summed E-state index contributed by atoms with van der Waals surface area (Å²) in [6.07, 6.45) is 0.233. The fourth-order valence-electron chi connectivity index (χ4n) is 2.82. The van der Waals surface area contributed by atoms with Crippen molar-refractivity contribution in [2.75, 3.05) is 34.4 Å². The van der Waals surface area contributed by atoms with Crippen LogP contribution in [0.2, 0.25) is 0 Å². The molecule has 0 spiro atoms. The molecule has 0 aliphatic carbocycles. The Kier molecular flexibility index (Phi) is 7.10. The Morgan fingerprint density at radius 2 is 1.76 bits per heavy atom. The van der Waals surface area contributed by atoms with E-state index in [1.807, 2.05) is 43.3 Å². The summed E-state index contributed by atoms with van der Waals surface area (Å²) >= 11 is 0. The zero-order valence-electron chi connectivity index (χ0n) is 15.3. The van der Waals surface area contributed by atoms with Crippen molar-refractivity contribution in [1.82, 2.24) is 5.32 Å². The third kappa shape index (κ3) is 4.87. The number of aliphatic hydroxyl groups is 1. The summed E-state index contributed by atoms with van der Waals surface area (Å²) in [5.41, 5.74) is 3.10. The number of aliphatic hydroxyl groups excluding tert-OH is 1. The van der Waals surface area contributed by atoms with E-state index >= 15 is 0 Å². The number of aryl methyl sites for hydroxylation is 1. The van der Waals surface area contributed by atoms with E-state index in [0.717, 1.165) is 23.1 Å². The summed E-state index contributed by atoms with van der Waals surface area (Å²) in [5.74, 6) is 1.93. The van der Waals surface area contributed by atoms with Gasteiger partial charge in [-0.15, -0.1) is 0 Å². The summed E-state index contributed by atoms with van der Waals surface area (Å²) in [5, 5.41) is 13.6. The maximum atomic E-state index is 10.3. The van der Waals surface area contributed by atoms with Crippen molar-refractivity contribution in [3.8, 4) is 17.2 Å². The molecule has 0 aliphatic heterocycles. The number of hydrogen-bond donors (Lipinski definition) is 2. The lowest BCUT2D eigenvalue weighted by Crippen LogP contribution is -2.24. The smallest absolute Gasteiger partial charge is 0.203 e. The molecule has 25 heavy (non-hydrogen) atoms. The topological polar surface area (TPSA) is 60.0 Å². The van der Waals surface area contributed by atoms with Crippen molar-refractivity contribution in [2.24, 2.45) is 0 Å². The molecule has 0 amide bonds. The molecule has 2 aromatic carbocycles. The highest BCUT2D eigenvalue weighted by Gasteiger charge is 2.15. The fraction of sp³-hybridized carbons (Fsp3) is 0.400. The van der Waals surface area contributed by atoms with Gasteiger partial charge in [-0.25, -0.2) is 0 Å². The Labute approximate surface area is 149 Å². The monoisotopic (exact) mass is 345 g/mol. The summed E-state index contributed by atoms with van der Waals surface area (Å²) in [7, 11) is 4.82. The molecule has 2 aromatic rings. The fourth-order valence-corrected chi connectivity index (χ4v) is 2.82. The van der Waals surface area contributed by atoms with E-state index < -0.39 is 6.10 Å². The first-order chi connectivity index (χ1) is 12.1. The van der Waals surface area contributed by atoms with Gasteiger partial charge in [-0.05, 0) is 37.1 Å². The van der Waals surface area contributed by atoms with Gasteiger partial charge in [-0.1, -0.05) is 35.9 Å². The molecule has 0 radical (unpaired) electrons. The molecule has 0 aliphatic rings. The third-order valence-corrected chi connectivity index (χ3v) is 4.12. The lowest BCUT2D eigenvalue weighted by molar-refractivity contribution is 0.175. The highest BCUT2D eigenvalue weighted by atomic mass is 16.5. The van der Waals surface area contributed by atoms with Crippen molar-refractivity contribution in [2.45, 2.75) is 19.4 Å². The molecule has 5 nitrogen and oxygen atoms in total. The number of ether oxygens (including phenoxy) is 3. The first-order valence-corrected chi connectivity index (χ1v) is 8.33. The van der Waals surface area contributed by atoms with E-state index in [2.05, 4.69) is 5.32 Å². The Hall–Kier alpha value is -2.24. The summed E-state index contributed by atoms with van der Waals surface area (Å²) in [6, 6.07) is 11.8. The summed E-state index contributed by atoms with van der Waals surface area (Å²) in [4.78, 5) is 0. The van der Waals surface area contributed by atoms with Crippen LogP contribution in [0.4, 0.5) is 0 Å². The van der Waals surface area contributed by atoms with E-state index in [4.69, 9.17) is 14.2 Å². The second kappa shape index (κ2) is 9.30. The van der Waals surface area contributed by atoms with Crippen molar-refractivity contribution < 1.29 is 19.3 Å². The van der Waals surface area contributed by atoms with Gasteiger partial charge in [0, 0.05) is 6.54 Å². The van der Waals surface area contributed by atoms with Gasteiger partial charge in [-0.2, -0.15) is 0 Å². The lowest BCUT2D eigenvalue weighted by Gasteiger charge is -2.16. The average Bonchev–Trinajstić information content (AvgIpc) is 2.64. The average molecular weight is 345 g/mol. The maximum absolute atomic E-state index is 10.3. The van der Waals surface area contributed by atoms with Gasteiger partial charge in [0.05, 0.1) is 27.4 Å². The minimum atomic E-state index is -0.521. The summed E-state index contributed by atoms with van der Waals surface area (Å²) in [6.45, 7) is 3.24. The van der Waals surface area contributed by atoms with Crippen molar-refractivity contribution in [3.05, 3.63) is 53.1 Å². The lowest BCUT2D eigenvalue weighted by atomic mass is 10.1. The van der Waals surface area contributed by atoms with Gasteiger partial charge in [0.25, 0.3) is 0 Å². The second-order valence-corrected chi connectivity index (χ2v) is 5.88. The number of nitrogens with one attached hydrogen (secondary N) is 1. The molecule has 0 unspecified atom stereocenters. The SMILES string of the molecule is COc1ccc(CCNC[C@@H](O)c2cccc(C)c2)c(OC)c1OC. The molecule has 0 saturated heterocycles. The standard InChI is InChI=1S/C20H27NO4/c1-14-6-5-7-16(12-14)17(22)13-21-11-10-15-8-9-18(23-2)20(25-4)19(15)24-3/h5-9,12,17,21-22H,10-11,13H2,1-4H3/t17-/m1/s1. The van der Waals surface area contributed by atoms with Crippen LogP contribution in [-0.2, 0) is 6.42 Å². The van der Waals surface area contributed by atoms with E-state index in [-0.39, 0.29) is 0 Å². The molecule has 136 valence electrons. The van der Waals surface area contributed by atoms with Crippen LogP contribution in [0.5, 0.6) is 17.2 Å². The molecule has 0 fully saturated rings. The number of rotatable bonds is 9. The zero-order valence-corrected chi connectivity index (χ0v) is 15.3. The Balaban J connectivity index is 1.93. The van der Waals surface area contributed by atoms with E-state index in [1.54, 1.807) is 21.3 Å². The summed E-state index contributed by atoms with van der Waals surface area (Å²) < 4.78 is 16.2. The van der Waals surface area contributed by atoms with Gasteiger partial charge in [0.1, 0.15) is 0 Å². The molecule has 0 aromatic heterocycles. The molecular weight excluding hydrogens is 318 g/mol. The zero-order chi connectivity index (χ0) is 18.2. The predicted molar refractivity (Wildman–Crippen MR) is 98.8 cm³/mol. The largest absolute Gasteiger partial charge is 0.493 e. The normalized spacial score (nSPS) is 11.9. The molecule has 0 saturated carbocycles. The molecule has 2 rings (SSSR count). The molecule has 0 heterocycles. The van der Waals surface area contributed by atoms with Crippen LogP contribution in [-0.4, -0.2) is 39.5 Å².